The molecule has 0 radical (unpaired) electrons. The maximum atomic E-state index is 13.3. The number of benzene rings is 3. The number of fused-ring (bicyclic) bond motifs is 1. The highest BCUT2D eigenvalue weighted by Crippen LogP contribution is 2.43. The fourth-order valence-corrected chi connectivity index (χ4v) is 4.37. The number of hydrogen-bond acceptors (Lipinski definition) is 5. The summed E-state index contributed by atoms with van der Waals surface area (Å²) in [6, 6.07) is 19.9. The summed E-state index contributed by atoms with van der Waals surface area (Å²) in [6.07, 6.45) is 0.459. The average molecular weight is 460 g/mol. The maximum absolute atomic E-state index is 13.3. The third kappa shape index (κ3) is 4.54. The van der Waals surface area contributed by atoms with Crippen molar-refractivity contribution in [1.82, 2.24) is 4.90 Å². The number of aliphatic hydroxyl groups excluding tert-OH is 1. The minimum atomic E-state index is -0.765. The van der Waals surface area contributed by atoms with Crippen molar-refractivity contribution in [2.24, 2.45) is 0 Å². The Morgan fingerprint density at radius 2 is 1.71 bits per heavy atom. The lowest BCUT2D eigenvalue weighted by molar-refractivity contribution is -0.140. The van der Waals surface area contributed by atoms with Gasteiger partial charge >= 0.3 is 0 Å². The van der Waals surface area contributed by atoms with Crippen LogP contribution in [0.25, 0.3) is 16.5 Å². The molecule has 6 heteroatoms. The van der Waals surface area contributed by atoms with Gasteiger partial charge in [0.15, 0.2) is 0 Å². The van der Waals surface area contributed by atoms with Crippen LogP contribution in [0.5, 0.6) is 5.75 Å². The van der Waals surface area contributed by atoms with Gasteiger partial charge in [-0.25, -0.2) is 0 Å². The van der Waals surface area contributed by atoms with Crippen LogP contribution in [0.1, 0.15) is 37.4 Å². The Morgan fingerprint density at radius 1 is 1.00 bits per heavy atom. The van der Waals surface area contributed by atoms with E-state index in [-0.39, 0.29) is 17.4 Å². The third-order valence-corrected chi connectivity index (χ3v) is 5.89. The number of aliphatic hydroxyl groups is 1. The SMILES string of the molecule is COCCCN1C(=O)C(=O)/C(=C(/O)c2ccc3ccccc3c2)C1c1ccccc1OC(C)C. The normalized spacial score (nSPS) is 17.6. The summed E-state index contributed by atoms with van der Waals surface area (Å²) in [5.41, 5.74) is 1.22. The van der Waals surface area contributed by atoms with Crippen molar-refractivity contribution in [3.05, 3.63) is 83.4 Å². The van der Waals surface area contributed by atoms with E-state index in [1.54, 1.807) is 13.2 Å². The molecule has 176 valence electrons. The number of carbonyl (C=O) groups excluding carboxylic acids is 2. The summed E-state index contributed by atoms with van der Waals surface area (Å²) in [4.78, 5) is 27.9. The second-order valence-electron chi connectivity index (χ2n) is 8.61. The smallest absolute Gasteiger partial charge is 0.295 e. The van der Waals surface area contributed by atoms with E-state index < -0.39 is 17.7 Å². The number of methoxy groups -OCH3 is 1. The van der Waals surface area contributed by atoms with Crippen LogP contribution in [0, 0.1) is 0 Å². The predicted molar refractivity (Wildman–Crippen MR) is 132 cm³/mol. The van der Waals surface area contributed by atoms with Crippen LogP contribution in [0.2, 0.25) is 0 Å². The summed E-state index contributed by atoms with van der Waals surface area (Å²) in [6.45, 7) is 4.60. The Kier molecular flexibility index (Phi) is 6.98. The van der Waals surface area contributed by atoms with Crippen molar-refractivity contribution in [2.45, 2.75) is 32.4 Å². The highest BCUT2D eigenvalue weighted by molar-refractivity contribution is 6.46. The molecule has 3 aromatic rings. The second-order valence-corrected chi connectivity index (χ2v) is 8.61. The summed E-state index contributed by atoms with van der Waals surface area (Å²) in [5, 5.41) is 13.3. The fourth-order valence-electron chi connectivity index (χ4n) is 4.37. The first-order valence-electron chi connectivity index (χ1n) is 11.4. The monoisotopic (exact) mass is 459 g/mol. The molecule has 1 saturated heterocycles. The van der Waals surface area contributed by atoms with E-state index in [4.69, 9.17) is 9.47 Å². The van der Waals surface area contributed by atoms with Crippen LogP contribution in [-0.2, 0) is 14.3 Å². The van der Waals surface area contributed by atoms with Crippen molar-refractivity contribution in [1.29, 1.82) is 0 Å². The molecule has 6 nitrogen and oxygen atoms in total. The highest BCUT2D eigenvalue weighted by Gasteiger charge is 2.46. The summed E-state index contributed by atoms with van der Waals surface area (Å²) in [5.74, 6) is -0.955. The molecule has 1 amide bonds. The number of hydrogen-bond donors (Lipinski definition) is 1. The number of para-hydroxylation sites is 1. The van der Waals surface area contributed by atoms with Gasteiger partial charge in [0.1, 0.15) is 11.5 Å². The van der Waals surface area contributed by atoms with Crippen molar-refractivity contribution < 1.29 is 24.2 Å². The lowest BCUT2D eigenvalue weighted by atomic mass is 9.94. The molecule has 1 aliphatic rings. The molecule has 1 aliphatic heterocycles. The van der Waals surface area contributed by atoms with E-state index in [1.807, 2.05) is 74.5 Å². The van der Waals surface area contributed by atoms with E-state index in [0.29, 0.717) is 36.4 Å². The standard InChI is InChI=1S/C28H29NO5/c1-18(2)34-23-12-7-6-11-22(23)25-24(27(31)28(32)29(25)15-8-16-33-3)26(30)21-14-13-19-9-4-5-10-20(19)17-21/h4-7,9-14,17-18,25,30H,8,15-16H2,1-3H3/b26-24+. The Hall–Kier alpha value is -3.64. The van der Waals surface area contributed by atoms with Crippen LogP contribution in [0.4, 0.5) is 0 Å². The Bertz CT molecular complexity index is 1250. The average Bonchev–Trinajstić information content (AvgIpc) is 3.08. The molecule has 4 rings (SSSR count). The maximum Gasteiger partial charge on any atom is 0.295 e. The van der Waals surface area contributed by atoms with Gasteiger partial charge in [-0.15, -0.1) is 0 Å². The minimum absolute atomic E-state index is 0.0671. The zero-order chi connectivity index (χ0) is 24.2. The van der Waals surface area contributed by atoms with Gasteiger partial charge < -0.3 is 19.5 Å². The summed E-state index contributed by atoms with van der Waals surface area (Å²) in [7, 11) is 1.59. The van der Waals surface area contributed by atoms with Crippen LogP contribution in [0.3, 0.4) is 0 Å². The largest absolute Gasteiger partial charge is 0.507 e. The van der Waals surface area contributed by atoms with E-state index in [0.717, 1.165) is 10.8 Å². The van der Waals surface area contributed by atoms with Gasteiger partial charge in [-0.3, -0.25) is 9.59 Å². The quantitative estimate of drug-likeness (QED) is 0.220. The van der Waals surface area contributed by atoms with E-state index >= 15 is 0 Å². The van der Waals surface area contributed by atoms with E-state index in [2.05, 4.69) is 0 Å². The summed E-state index contributed by atoms with van der Waals surface area (Å²) < 4.78 is 11.2. The molecule has 34 heavy (non-hydrogen) atoms. The molecule has 1 fully saturated rings. The van der Waals surface area contributed by atoms with Crippen molar-refractivity contribution in [3.8, 4) is 5.75 Å². The van der Waals surface area contributed by atoms with E-state index in [1.165, 1.54) is 4.90 Å². The van der Waals surface area contributed by atoms with Crippen molar-refractivity contribution in [3.63, 3.8) is 0 Å². The number of Topliss-reactive ketones (excluding diaryl/α,β-unsaturated/α-hetero) is 1. The molecule has 0 aliphatic carbocycles. The number of carbonyl (C=O) groups is 2. The van der Waals surface area contributed by atoms with Gasteiger partial charge in [0.25, 0.3) is 11.7 Å². The van der Waals surface area contributed by atoms with Crippen LogP contribution < -0.4 is 4.74 Å². The molecule has 3 aromatic carbocycles. The number of ketones is 1. The highest BCUT2D eigenvalue weighted by atomic mass is 16.5. The zero-order valence-corrected chi connectivity index (χ0v) is 19.7. The lowest BCUT2D eigenvalue weighted by Crippen LogP contribution is -2.31. The molecule has 1 atom stereocenters. The Labute approximate surface area is 199 Å². The number of rotatable bonds is 8. The molecule has 1 unspecified atom stereocenters. The molecular weight excluding hydrogens is 430 g/mol. The third-order valence-electron chi connectivity index (χ3n) is 5.89. The Balaban J connectivity index is 1.88. The van der Waals surface area contributed by atoms with Gasteiger partial charge in [-0.2, -0.15) is 0 Å². The molecule has 0 saturated carbocycles. The van der Waals surface area contributed by atoms with Gasteiger partial charge in [0, 0.05) is 31.4 Å². The first-order valence-corrected chi connectivity index (χ1v) is 11.4. The van der Waals surface area contributed by atoms with Gasteiger partial charge in [0.2, 0.25) is 0 Å². The predicted octanol–water partition coefficient (Wildman–Crippen LogP) is 5.09. The van der Waals surface area contributed by atoms with Crippen LogP contribution >= 0.6 is 0 Å². The number of amides is 1. The minimum Gasteiger partial charge on any atom is -0.507 e. The zero-order valence-electron chi connectivity index (χ0n) is 19.7. The fraction of sp³-hybridized carbons (Fsp3) is 0.286. The van der Waals surface area contributed by atoms with E-state index in [9.17, 15) is 14.7 Å². The molecule has 1 N–H and O–H groups in total. The first kappa shape index (κ1) is 23.5. The first-order chi connectivity index (χ1) is 16.4. The second kappa shape index (κ2) is 10.1. The van der Waals surface area contributed by atoms with Gasteiger partial charge in [-0.1, -0.05) is 54.6 Å². The Morgan fingerprint density at radius 3 is 2.44 bits per heavy atom. The molecular formula is C28H29NO5. The van der Waals surface area contributed by atoms with Gasteiger partial charge in [0.05, 0.1) is 17.7 Å². The van der Waals surface area contributed by atoms with Crippen LogP contribution in [-0.4, -0.2) is 48.1 Å². The molecule has 0 aromatic heterocycles. The summed E-state index contributed by atoms with van der Waals surface area (Å²) >= 11 is 0. The van der Waals surface area contributed by atoms with Crippen molar-refractivity contribution >= 4 is 28.2 Å². The number of nitrogens with zero attached hydrogens (tertiary/aromatic N) is 1. The van der Waals surface area contributed by atoms with Crippen LogP contribution in [0.15, 0.2) is 72.3 Å². The van der Waals surface area contributed by atoms with Crippen molar-refractivity contribution in [2.75, 3.05) is 20.3 Å². The lowest BCUT2D eigenvalue weighted by Gasteiger charge is -2.27. The topological polar surface area (TPSA) is 76.1 Å². The number of ether oxygens (including phenoxy) is 2. The molecule has 0 bridgehead atoms. The number of likely N-dealkylation sites (tertiary alicyclic amines) is 1. The molecule has 1 heterocycles. The van der Waals surface area contributed by atoms with Gasteiger partial charge in [-0.05, 0) is 43.2 Å². The molecule has 0 spiro atoms.